The lowest BCUT2D eigenvalue weighted by atomic mass is 9.83. The number of aliphatic hydroxyl groups is 5. The van der Waals surface area contributed by atoms with Crippen LogP contribution in [0.25, 0.3) is 0 Å². The molecule has 0 aromatic carbocycles. The number of Topliss-reactive ketones (excluding diaryl/α,β-unsaturated/α-hetero) is 1. The first kappa shape index (κ1) is 42.7. The third kappa shape index (κ3) is 14.9. The van der Waals surface area contributed by atoms with Gasteiger partial charge in [0.05, 0.1) is 24.2 Å². The Morgan fingerprint density at radius 3 is 2.23 bits per heavy atom. The van der Waals surface area contributed by atoms with Crippen molar-refractivity contribution in [1.29, 1.82) is 0 Å². The van der Waals surface area contributed by atoms with E-state index in [-0.39, 0.29) is 17.9 Å². The number of nitrogens with two attached hydrogens (primary N) is 1. The number of ketones is 1. The smallest absolute Gasteiger partial charge is 0.405 e. The lowest BCUT2D eigenvalue weighted by Crippen LogP contribution is -2.48. The number of aliphatic hydroxyl groups excluding tert-OH is 5. The predicted octanol–water partition coefficient (Wildman–Crippen LogP) is 2.57. The van der Waals surface area contributed by atoms with E-state index in [4.69, 9.17) is 43.5 Å². The van der Waals surface area contributed by atoms with Gasteiger partial charge in [-0.25, -0.2) is 9.59 Å². The molecule has 1 aliphatic carbocycles. The van der Waals surface area contributed by atoms with Gasteiger partial charge in [-0.3, -0.25) is 9.59 Å². The van der Waals surface area contributed by atoms with Crippen molar-refractivity contribution in [2.45, 2.75) is 94.6 Å². The second kappa shape index (κ2) is 21.6. The first-order valence-corrected chi connectivity index (χ1v) is 16.0. The maximum atomic E-state index is 12.6. The molecule has 0 bridgehead atoms. The van der Waals surface area contributed by atoms with Crippen LogP contribution < -0.4 is 5.73 Å². The van der Waals surface area contributed by atoms with Gasteiger partial charge in [0.1, 0.15) is 29.8 Å². The molecule has 0 aromatic rings. The van der Waals surface area contributed by atoms with E-state index in [9.17, 15) is 44.7 Å². The van der Waals surface area contributed by atoms with Crippen LogP contribution >= 0.6 is 23.2 Å². The summed E-state index contributed by atoms with van der Waals surface area (Å²) in [6, 6.07) is 0. The summed E-state index contributed by atoms with van der Waals surface area (Å²) < 4.78 is 9.99. The standard InChI is InChI=1S/C33H45Cl2NO12/c1-4-5-13-25(48-33(36)46)28(35)22(37)17-24(39)31(43)29(41)19(3)21(34)12-8-6-10-18(2)11-7-9-14-27(40)47-26-16-20(32(44)45)15-23(38)30(26)42/h5-14,19-20,22-23,25-26,28-31,37-38,41-43H,4,15-17H2,1-3H3,(H2,36,46)(H,44,45)/b8-6+,11-7+,13-5+,14-9+,18-10+,21-12-/t19-,20?,22-,23?,25-,26?,28+,29-,30?,31-/m1/s1. The van der Waals surface area contributed by atoms with Gasteiger partial charge in [-0.2, -0.15) is 0 Å². The van der Waals surface area contributed by atoms with Crippen LogP contribution in [-0.4, -0.2) is 103 Å². The monoisotopic (exact) mass is 717 g/mol. The first-order valence-electron chi connectivity index (χ1n) is 15.2. The minimum atomic E-state index is -1.90. The molecule has 0 aliphatic heterocycles. The Labute approximate surface area is 289 Å². The number of carboxylic acids is 1. The van der Waals surface area contributed by atoms with Gasteiger partial charge in [-0.1, -0.05) is 73.6 Å². The largest absolute Gasteiger partial charge is 0.481 e. The average Bonchev–Trinajstić information content (AvgIpc) is 3.03. The van der Waals surface area contributed by atoms with Crippen molar-refractivity contribution >= 4 is 47.0 Å². The molecule has 1 rings (SSSR count). The third-order valence-corrected chi connectivity index (χ3v) is 8.38. The number of amides is 1. The van der Waals surface area contributed by atoms with Crippen molar-refractivity contribution in [3.63, 3.8) is 0 Å². The number of carbonyl (C=O) groups is 4. The van der Waals surface area contributed by atoms with Gasteiger partial charge in [0.2, 0.25) is 0 Å². The summed E-state index contributed by atoms with van der Waals surface area (Å²) in [4.78, 5) is 47.0. The molecular formula is C33H45Cl2NO12. The number of primary amides is 1. The molecule has 268 valence electrons. The van der Waals surface area contributed by atoms with Crippen LogP contribution in [0, 0.1) is 11.8 Å². The van der Waals surface area contributed by atoms with Crippen LogP contribution in [0.3, 0.4) is 0 Å². The molecule has 13 nitrogen and oxygen atoms in total. The van der Waals surface area contributed by atoms with Crippen molar-refractivity contribution in [3.05, 3.63) is 71.4 Å². The molecule has 0 saturated heterocycles. The van der Waals surface area contributed by atoms with Crippen molar-refractivity contribution in [3.8, 4) is 0 Å². The fourth-order valence-electron chi connectivity index (χ4n) is 4.51. The van der Waals surface area contributed by atoms with E-state index in [2.05, 4.69) is 0 Å². The quantitative estimate of drug-likeness (QED) is 0.0356. The maximum absolute atomic E-state index is 12.6. The summed E-state index contributed by atoms with van der Waals surface area (Å²) in [6.07, 6.45) is 3.63. The Kier molecular flexibility index (Phi) is 19.2. The molecule has 10 atom stereocenters. The van der Waals surface area contributed by atoms with Crippen LogP contribution in [0.5, 0.6) is 0 Å². The highest BCUT2D eigenvalue weighted by molar-refractivity contribution is 6.30. The van der Waals surface area contributed by atoms with Gasteiger partial charge in [-0.15, -0.1) is 11.6 Å². The minimum Gasteiger partial charge on any atom is -0.481 e. The predicted molar refractivity (Wildman–Crippen MR) is 178 cm³/mol. The number of hydrogen-bond acceptors (Lipinski definition) is 11. The number of alkyl halides is 1. The summed E-state index contributed by atoms with van der Waals surface area (Å²) in [5, 5.41) is 59.2. The molecule has 1 aliphatic rings. The molecule has 15 heteroatoms. The van der Waals surface area contributed by atoms with Crippen molar-refractivity contribution in [1.82, 2.24) is 0 Å². The number of esters is 1. The van der Waals surface area contributed by atoms with Gasteiger partial charge >= 0.3 is 18.0 Å². The van der Waals surface area contributed by atoms with Crippen molar-refractivity contribution in [2.75, 3.05) is 0 Å². The van der Waals surface area contributed by atoms with Crippen LogP contribution in [0.15, 0.2) is 71.4 Å². The molecule has 4 unspecified atom stereocenters. The second-order valence-corrected chi connectivity index (χ2v) is 12.2. The zero-order valence-electron chi connectivity index (χ0n) is 26.8. The number of carbonyl (C=O) groups excluding carboxylic acids is 3. The lowest BCUT2D eigenvalue weighted by molar-refractivity contribution is -0.170. The number of carboxylic acid groups (broad SMARTS) is 1. The Balaban J connectivity index is 2.68. The van der Waals surface area contributed by atoms with E-state index in [0.29, 0.717) is 6.42 Å². The van der Waals surface area contributed by atoms with E-state index < -0.39 is 90.2 Å². The Morgan fingerprint density at radius 1 is 1.00 bits per heavy atom. The highest BCUT2D eigenvalue weighted by atomic mass is 35.5. The minimum absolute atomic E-state index is 0.111. The Hall–Kier alpha value is -3.30. The zero-order chi connectivity index (χ0) is 36.6. The molecule has 8 N–H and O–H groups in total. The van der Waals surface area contributed by atoms with Crippen LogP contribution in [0.2, 0.25) is 0 Å². The zero-order valence-corrected chi connectivity index (χ0v) is 28.4. The maximum Gasteiger partial charge on any atom is 0.405 e. The first-order chi connectivity index (χ1) is 22.5. The molecule has 0 radical (unpaired) electrons. The Bertz CT molecular complexity index is 1280. The summed E-state index contributed by atoms with van der Waals surface area (Å²) in [5.41, 5.74) is 5.79. The molecule has 0 spiro atoms. The van der Waals surface area contributed by atoms with E-state index in [1.807, 2.05) is 6.92 Å². The topological polar surface area (TPSA) is 234 Å². The molecular weight excluding hydrogens is 673 g/mol. The van der Waals surface area contributed by atoms with E-state index in [1.54, 1.807) is 43.4 Å². The van der Waals surface area contributed by atoms with Gasteiger partial charge < -0.3 is 45.8 Å². The number of halogens is 2. The fraction of sp³-hybridized carbons (Fsp3) is 0.515. The molecule has 0 aromatic heterocycles. The molecule has 1 fully saturated rings. The number of hydrogen-bond donors (Lipinski definition) is 7. The second-order valence-electron chi connectivity index (χ2n) is 11.2. The third-order valence-electron chi connectivity index (χ3n) is 7.37. The summed E-state index contributed by atoms with van der Waals surface area (Å²) >= 11 is 12.5. The highest BCUT2D eigenvalue weighted by Gasteiger charge is 2.41. The van der Waals surface area contributed by atoms with Crippen molar-refractivity contribution in [2.24, 2.45) is 17.6 Å². The molecule has 1 saturated carbocycles. The molecule has 48 heavy (non-hydrogen) atoms. The number of allylic oxidation sites excluding steroid dienone is 9. The van der Waals surface area contributed by atoms with E-state index in [0.717, 1.165) is 11.6 Å². The van der Waals surface area contributed by atoms with E-state index in [1.165, 1.54) is 25.2 Å². The van der Waals surface area contributed by atoms with Crippen LogP contribution in [-0.2, 0) is 23.9 Å². The van der Waals surface area contributed by atoms with Gasteiger partial charge in [0.25, 0.3) is 0 Å². The fourth-order valence-corrected chi connectivity index (χ4v) is 4.93. The van der Waals surface area contributed by atoms with Crippen LogP contribution in [0.1, 0.15) is 46.5 Å². The molecule has 0 heterocycles. The molecule has 1 amide bonds. The van der Waals surface area contributed by atoms with Gasteiger partial charge in [0.15, 0.2) is 5.78 Å². The summed E-state index contributed by atoms with van der Waals surface area (Å²) in [7, 11) is 0. The summed E-state index contributed by atoms with van der Waals surface area (Å²) in [5.74, 6) is -4.67. The lowest BCUT2D eigenvalue weighted by Gasteiger charge is -2.34. The SMILES string of the molecule is CC/C=C/[C@@H](OC(N)=O)[C@@H](Cl)[C@H](O)CC(=O)[C@@H](O)[C@H](O)[C@H](C)/C(Cl)=C/C=C/C=C(C)/C=C/C=C/C(=O)OC1CC(C(=O)O)CC(O)C1O. The Morgan fingerprint density at radius 2 is 1.62 bits per heavy atom. The normalized spacial score (nSPS) is 24.8. The van der Waals surface area contributed by atoms with Crippen molar-refractivity contribution < 1.29 is 59.3 Å². The highest BCUT2D eigenvalue weighted by Crippen LogP contribution is 2.28. The van der Waals surface area contributed by atoms with Crippen LogP contribution in [0.4, 0.5) is 4.79 Å². The number of ether oxygens (including phenoxy) is 2. The van der Waals surface area contributed by atoms with Gasteiger partial charge in [-0.05, 0) is 31.9 Å². The summed E-state index contributed by atoms with van der Waals surface area (Å²) in [6.45, 7) is 5.07. The number of aliphatic carboxylic acids is 1. The average molecular weight is 719 g/mol. The van der Waals surface area contributed by atoms with E-state index >= 15 is 0 Å². The number of rotatable bonds is 18. The van der Waals surface area contributed by atoms with Gasteiger partial charge in [0, 0.05) is 29.9 Å².